The zero-order chi connectivity index (χ0) is 89.7. The van der Waals surface area contributed by atoms with Gasteiger partial charge >= 0.3 is 0 Å². The van der Waals surface area contributed by atoms with Gasteiger partial charge in [0.05, 0.1) is 73.3 Å². The van der Waals surface area contributed by atoms with Gasteiger partial charge in [0.15, 0.2) is 27.2 Å². The second kappa shape index (κ2) is 45.5. The molecule has 0 saturated carbocycles. The van der Waals surface area contributed by atoms with Crippen molar-refractivity contribution in [3.05, 3.63) is 315 Å². The standard InChI is InChI=1S/C25H24ClN5O2.C25H23ClN4O2.C23H26ClN5O3S.C22H21ClN6O/c26-19-14-22(24(30-16-19)29-10-4-12-33-20-5-2-1-3-6-20)25(32)31-15-17-7-8-21-18(13-17)9-11-28-23(21)27;26-19-15-22(25(30-16-19)29-12-13-32-20-4-2-1-3-5-20)23(31)9-7-17-6-8-21-18(14-17)10-11-28-24(21)27;24-18-14-20(23(28-15-18)27-7-8-29-9-11-33(31,32)12-10-29)21(30)4-2-16-1-3-19-17(13-16)5-6-26-22(19)25;23-17-12-19(22(28-13-17)27-8-10-29-9-7-25-14-29)20(30)4-2-15-1-3-18-16(11-15)5-6-26-21(18)24/h1-3,5-9,11,13-14,16H,4,10,12,15H2,(H2,27,28)(H,29,30)(H,31,32);1-6,8,10-11,14-16H,7,9,12-13H2,(H2,27,28)(H,29,30);1,3,5-6,13-15H,2,4,7-12H2,(H2,25,26)(H,27,28);1,3,5-7,9,11-14H,2,4,8,10H2,(H2,24,26)(H,27,28). The first-order chi connectivity index (χ1) is 62.1. The van der Waals surface area contributed by atoms with Crippen molar-refractivity contribution in [3.8, 4) is 11.5 Å². The number of sulfone groups is 1. The maximum absolute atomic E-state index is 13.0. The van der Waals surface area contributed by atoms with E-state index in [0.29, 0.717) is 200 Å². The Morgan fingerprint density at radius 2 is 0.766 bits per heavy atom. The minimum absolute atomic E-state index is 0.00975. The van der Waals surface area contributed by atoms with E-state index in [2.05, 4.69) is 76.3 Å². The van der Waals surface area contributed by atoms with Crippen molar-refractivity contribution in [1.29, 1.82) is 0 Å². The van der Waals surface area contributed by atoms with Crippen LogP contribution in [-0.2, 0) is 42.2 Å². The van der Waals surface area contributed by atoms with Crippen molar-refractivity contribution in [2.75, 3.05) is 115 Å². The molecule has 9 aromatic heterocycles. The zero-order valence-corrected chi connectivity index (χ0v) is 73.6. The lowest BCUT2D eigenvalue weighted by molar-refractivity contribution is 0.0947. The monoisotopic (exact) mass is 1810 g/mol. The van der Waals surface area contributed by atoms with E-state index < -0.39 is 9.84 Å². The summed E-state index contributed by atoms with van der Waals surface area (Å²) in [6.07, 6.45) is 21.7. The summed E-state index contributed by atoms with van der Waals surface area (Å²) in [5.74, 6) is 5.65. The van der Waals surface area contributed by atoms with Crippen LogP contribution in [0, 0.1) is 0 Å². The topological polar surface area (TPSA) is 409 Å². The molecule has 13 N–H and O–H groups in total. The second-order valence-corrected chi connectivity index (χ2v) is 33.9. The SMILES string of the molecule is Nc1nccc2cc(CCC(=O)c3cc(Cl)cnc3NCCN3CCS(=O)(=O)CC3)ccc12.Nc1nccc2cc(CCC(=O)c3cc(Cl)cnc3NCCOc3ccccc3)ccc12.Nc1nccc2cc(CCC(=O)c3cc(Cl)cnc3NCCn3ccnc3)ccc12.Nc1nccc2cc(CNC(=O)c3cc(Cl)cnc3NCCCOc3ccccc3)ccc12. The fourth-order valence-corrected chi connectivity index (χ4v) is 15.9. The molecule has 28 nitrogen and oxygen atoms in total. The molecule has 10 heterocycles. The molecule has 0 unspecified atom stereocenters. The van der Waals surface area contributed by atoms with Gasteiger partial charge in [-0.25, -0.2) is 53.3 Å². The number of aromatic nitrogens is 10. The number of hydrogen-bond donors (Lipinski definition) is 9. The van der Waals surface area contributed by atoms with Crippen LogP contribution in [-0.4, -0.2) is 157 Å². The van der Waals surface area contributed by atoms with Gasteiger partial charge in [0.1, 0.15) is 64.6 Å². The number of para-hydroxylation sites is 2. The predicted octanol–water partition coefficient (Wildman–Crippen LogP) is 16.7. The van der Waals surface area contributed by atoms with Crippen LogP contribution in [0.5, 0.6) is 11.5 Å². The van der Waals surface area contributed by atoms with Gasteiger partial charge in [0.25, 0.3) is 5.91 Å². The quantitative estimate of drug-likeness (QED) is 0.0134. The first-order valence-electron chi connectivity index (χ1n) is 41.3. The number of Topliss-reactive ketones (excluding diaryl/α,β-unsaturated/α-hetero) is 3. The van der Waals surface area contributed by atoms with Crippen molar-refractivity contribution in [1.82, 2.24) is 59.6 Å². The Morgan fingerprint density at radius 1 is 0.398 bits per heavy atom. The first kappa shape index (κ1) is 92.0. The summed E-state index contributed by atoms with van der Waals surface area (Å²) in [4.78, 5) is 91.5. The third-order valence-corrected chi connectivity index (χ3v) is 23.2. The number of ketones is 3. The molecule has 0 spiro atoms. The molecule has 0 radical (unpaired) electrons. The van der Waals surface area contributed by atoms with Crippen LogP contribution in [0.15, 0.2) is 250 Å². The number of carbonyl (C=O) groups excluding carboxylic acids is 4. The Hall–Kier alpha value is -13.7. The smallest absolute Gasteiger partial charge is 0.255 e. The van der Waals surface area contributed by atoms with Crippen molar-refractivity contribution in [3.63, 3.8) is 0 Å². The van der Waals surface area contributed by atoms with E-state index in [4.69, 9.17) is 78.8 Å². The van der Waals surface area contributed by atoms with Crippen LogP contribution >= 0.6 is 46.4 Å². The number of nitrogens with two attached hydrogens (primary N) is 4. The lowest BCUT2D eigenvalue weighted by Crippen LogP contribution is -2.42. The number of benzene rings is 6. The highest BCUT2D eigenvalue weighted by atomic mass is 35.5. The number of nitrogens with zero attached hydrogens (tertiary/aromatic N) is 11. The number of aryl methyl sites for hydroxylation is 3. The number of nitrogens with one attached hydrogen (secondary N) is 5. The van der Waals surface area contributed by atoms with E-state index >= 15 is 0 Å². The number of halogens is 4. The average molecular weight is 1820 g/mol. The van der Waals surface area contributed by atoms with Gasteiger partial charge in [0.2, 0.25) is 0 Å². The second-order valence-electron chi connectivity index (χ2n) is 29.8. The number of carbonyl (C=O) groups is 4. The van der Waals surface area contributed by atoms with Crippen LogP contribution in [0.1, 0.15) is 89.4 Å². The van der Waals surface area contributed by atoms with Gasteiger partial charge < -0.3 is 63.6 Å². The van der Waals surface area contributed by atoms with Gasteiger partial charge in [-0.2, -0.15) is 0 Å². The Kier molecular flexibility index (Phi) is 32.7. The average Bonchev–Trinajstić information content (AvgIpc) is 0.976. The van der Waals surface area contributed by atoms with E-state index in [1.165, 1.54) is 18.6 Å². The number of pyridine rings is 8. The molecule has 0 bridgehead atoms. The molecule has 15 aromatic rings. The van der Waals surface area contributed by atoms with Crippen molar-refractivity contribution >= 4 is 169 Å². The van der Waals surface area contributed by atoms with E-state index in [9.17, 15) is 27.6 Å². The van der Waals surface area contributed by atoms with E-state index in [1.807, 2.05) is 168 Å². The minimum atomic E-state index is -2.90. The van der Waals surface area contributed by atoms with Gasteiger partial charge in [-0.05, 0) is 148 Å². The van der Waals surface area contributed by atoms with Crippen LogP contribution in [0.4, 0.5) is 46.5 Å². The third kappa shape index (κ3) is 26.7. The summed E-state index contributed by atoms with van der Waals surface area (Å²) >= 11 is 24.4. The highest BCUT2D eigenvalue weighted by Crippen LogP contribution is 2.30. The molecule has 0 atom stereocenters. The molecule has 656 valence electrons. The van der Waals surface area contributed by atoms with Gasteiger partial charge in [-0.1, -0.05) is 150 Å². The molecule has 0 aliphatic carbocycles. The maximum atomic E-state index is 13.0. The summed E-state index contributed by atoms with van der Waals surface area (Å²) in [5.41, 5.74) is 29.6. The lowest BCUT2D eigenvalue weighted by Gasteiger charge is -2.26. The van der Waals surface area contributed by atoms with Crippen molar-refractivity contribution in [2.45, 2.75) is 58.0 Å². The normalized spacial score (nSPS) is 12.2. The molecule has 33 heteroatoms. The van der Waals surface area contributed by atoms with Crippen molar-refractivity contribution in [2.24, 2.45) is 0 Å². The van der Waals surface area contributed by atoms with Crippen LogP contribution in [0.3, 0.4) is 0 Å². The molecule has 1 amide bonds. The summed E-state index contributed by atoms with van der Waals surface area (Å²) in [6.45, 7) is 6.05. The highest BCUT2D eigenvalue weighted by molar-refractivity contribution is 7.91. The lowest BCUT2D eigenvalue weighted by atomic mass is 10.0. The molecule has 1 saturated heterocycles. The molecule has 6 aromatic carbocycles. The fraction of sp³-hybridized carbons (Fsp3) is 0.211. The van der Waals surface area contributed by atoms with Gasteiger partial charge in [-0.15, -0.1) is 0 Å². The summed E-state index contributed by atoms with van der Waals surface area (Å²) in [6, 6.07) is 57.0. The molecule has 1 fully saturated rings. The molecular weight excluding hydrogens is 1720 g/mol. The third-order valence-electron chi connectivity index (χ3n) is 20.8. The van der Waals surface area contributed by atoms with Gasteiger partial charge in [-0.3, -0.25) is 24.1 Å². The number of nitrogen functional groups attached to an aromatic ring is 4. The summed E-state index contributed by atoms with van der Waals surface area (Å²) < 4.78 is 36.5. The fourth-order valence-electron chi connectivity index (χ4n) is 14.0. The van der Waals surface area contributed by atoms with Crippen LogP contribution < -0.4 is 59.0 Å². The minimum Gasteiger partial charge on any atom is -0.494 e. The number of anilines is 8. The number of ether oxygens (including phenoxy) is 2. The predicted molar refractivity (Wildman–Crippen MR) is 511 cm³/mol. The molecule has 1 aliphatic rings. The largest absolute Gasteiger partial charge is 0.494 e. The Labute approximate surface area is 759 Å². The van der Waals surface area contributed by atoms with E-state index in [0.717, 1.165) is 83.3 Å². The molecule has 1 aliphatic heterocycles. The number of hydrogen-bond acceptors (Lipinski definition) is 26. The summed E-state index contributed by atoms with van der Waals surface area (Å²) in [5, 5.41) is 25.0. The zero-order valence-electron chi connectivity index (χ0n) is 69.7. The maximum Gasteiger partial charge on any atom is 0.255 e. The number of rotatable bonds is 34. The van der Waals surface area contributed by atoms with E-state index in [1.54, 1.807) is 67.8 Å². The Morgan fingerprint density at radius 3 is 1.18 bits per heavy atom. The van der Waals surface area contributed by atoms with Crippen LogP contribution in [0.25, 0.3) is 43.1 Å². The van der Waals surface area contributed by atoms with E-state index in [-0.39, 0.29) is 34.8 Å². The van der Waals surface area contributed by atoms with Crippen LogP contribution in [0.2, 0.25) is 20.1 Å². The number of amides is 1. The Balaban J connectivity index is 0.000000146. The number of fused-ring (bicyclic) bond motifs is 4. The molecule has 128 heavy (non-hydrogen) atoms. The first-order valence-corrected chi connectivity index (χ1v) is 44.7. The van der Waals surface area contributed by atoms with Crippen molar-refractivity contribution < 1.29 is 37.1 Å². The molecule has 16 rings (SSSR count). The summed E-state index contributed by atoms with van der Waals surface area (Å²) in [7, 11) is -2.90. The Bertz CT molecular complexity index is 6480. The molecular formula is C95H94Cl4N20O8S. The van der Waals surface area contributed by atoms with Gasteiger partial charge in [0, 0.05) is 155 Å². The number of imidazole rings is 1. The highest BCUT2D eigenvalue weighted by Gasteiger charge is 2.23.